The third kappa shape index (κ3) is 1.91. The Morgan fingerprint density at radius 3 is 2.56 bits per heavy atom. The van der Waals surface area contributed by atoms with Gasteiger partial charge in [0.05, 0.1) is 11.3 Å². The van der Waals surface area contributed by atoms with Crippen LogP contribution in [0.5, 0.6) is 0 Å². The molecular formula is C12H11N3O. The molecule has 2 rings (SSSR count). The summed E-state index contributed by atoms with van der Waals surface area (Å²) in [6.07, 6.45) is 1.47. The van der Waals surface area contributed by atoms with E-state index < -0.39 is 5.91 Å². The van der Waals surface area contributed by atoms with Crippen molar-refractivity contribution >= 4 is 5.91 Å². The fourth-order valence-electron chi connectivity index (χ4n) is 1.47. The first-order valence-electron chi connectivity index (χ1n) is 4.87. The summed E-state index contributed by atoms with van der Waals surface area (Å²) < 4.78 is 0. The fourth-order valence-corrected chi connectivity index (χ4v) is 1.47. The third-order valence-corrected chi connectivity index (χ3v) is 2.22. The van der Waals surface area contributed by atoms with E-state index in [9.17, 15) is 4.79 Å². The number of nitrogens with zero attached hydrogens (tertiary/aromatic N) is 2. The lowest BCUT2D eigenvalue weighted by atomic mass is 10.1. The van der Waals surface area contributed by atoms with E-state index >= 15 is 0 Å². The predicted octanol–water partition coefficient (Wildman–Crippen LogP) is 1.55. The molecule has 1 amide bonds. The van der Waals surface area contributed by atoms with E-state index in [0.29, 0.717) is 17.1 Å². The van der Waals surface area contributed by atoms with Crippen LogP contribution in [0, 0.1) is 6.92 Å². The molecule has 80 valence electrons. The van der Waals surface area contributed by atoms with Crippen molar-refractivity contribution in [3.63, 3.8) is 0 Å². The highest BCUT2D eigenvalue weighted by Crippen LogP contribution is 2.20. The van der Waals surface area contributed by atoms with E-state index in [4.69, 9.17) is 5.73 Å². The highest BCUT2D eigenvalue weighted by atomic mass is 16.1. The maximum Gasteiger partial charge on any atom is 0.252 e. The summed E-state index contributed by atoms with van der Waals surface area (Å²) >= 11 is 0. The lowest BCUT2D eigenvalue weighted by Gasteiger charge is -2.05. The Kier molecular flexibility index (Phi) is 2.64. The quantitative estimate of drug-likeness (QED) is 0.822. The van der Waals surface area contributed by atoms with Crippen LogP contribution in [0.3, 0.4) is 0 Å². The minimum atomic E-state index is -0.515. The largest absolute Gasteiger partial charge is 0.365 e. The van der Waals surface area contributed by atoms with E-state index in [-0.39, 0.29) is 0 Å². The average molecular weight is 213 g/mol. The number of carbonyl (C=O) groups is 1. The van der Waals surface area contributed by atoms with Crippen LogP contribution in [0.25, 0.3) is 11.3 Å². The first-order valence-corrected chi connectivity index (χ1v) is 4.87. The molecule has 0 aliphatic rings. The highest BCUT2D eigenvalue weighted by molar-refractivity contribution is 5.98. The molecule has 1 heterocycles. The molecule has 0 radical (unpaired) electrons. The molecule has 0 bridgehead atoms. The lowest BCUT2D eigenvalue weighted by molar-refractivity contribution is 0.100. The number of hydrogen-bond acceptors (Lipinski definition) is 3. The zero-order chi connectivity index (χ0) is 11.5. The van der Waals surface area contributed by atoms with Gasteiger partial charge in [0.25, 0.3) is 5.91 Å². The second-order valence-electron chi connectivity index (χ2n) is 3.41. The summed E-state index contributed by atoms with van der Waals surface area (Å²) in [7, 11) is 0. The van der Waals surface area contributed by atoms with Crippen LogP contribution in [0.4, 0.5) is 0 Å². The Bertz CT molecular complexity index is 523. The Morgan fingerprint density at radius 1 is 1.25 bits per heavy atom. The smallest absolute Gasteiger partial charge is 0.252 e. The monoisotopic (exact) mass is 213 g/mol. The van der Waals surface area contributed by atoms with E-state index in [2.05, 4.69) is 9.97 Å². The summed E-state index contributed by atoms with van der Waals surface area (Å²) in [5.41, 5.74) is 7.07. The van der Waals surface area contributed by atoms with E-state index in [1.54, 1.807) is 6.92 Å². The van der Waals surface area contributed by atoms with Gasteiger partial charge in [-0.15, -0.1) is 0 Å². The number of nitrogens with two attached hydrogens (primary N) is 1. The molecule has 1 aromatic heterocycles. The van der Waals surface area contributed by atoms with Crippen LogP contribution < -0.4 is 5.73 Å². The van der Waals surface area contributed by atoms with Crippen LogP contribution in [-0.2, 0) is 0 Å². The van der Waals surface area contributed by atoms with E-state index in [1.807, 2.05) is 30.3 Å². The number of hydrogen-bond donors (Lipinski definition) is 1. The summed E-state index contributed by atoms with van der Waals surface area (Å²) in [4.78, 5) is 19.5. The fraction of sp³-hybridized carbons (Fsp3) is 0.0833. The molecule has 1 aromatic carbocycles. The number of benzene rings is 1. The van der Waals surface area contributed by atoms with Gasteiger partial charge in [-0.2, -0.15) is 0 Å². The van der Waals surface area contributed by atoms with Gasteiger partial charge in [0.1, 0.15) is 5.82 Å². The topological polar surface area (TPSA) is 68.9 Å². The molecule has 0 aliphatic heterocycles. The molecule has 0 saturated heterocycles. The number of amides is 1. The van der Waals surface area contributed by atoms with Gasteiger partial charge in [0, 0.05) is 11.8 Å². The van der Waals surface area contributed by atoms with Crippen molar-refractivity contribution in [2.45, 2.75) is 6.92 Å². The van der Waals surface area contributed by atoms with Crippen molar-refractivity contribution in [2.75, 3.05) is 0 Å². The molecule has 0 atom stereocenters. The van der Waals surface area contributed by atoms with Crippen LogP contribution in [-0.4, -0.2) is 15.9 Å². The third-order valence-electron chi connectivity index (χ3n) is 2.22. The molecule has 16 heavy (non-hydrogen) atoms. The molecule has 0 fully saturated rings. The molecule has 4 nitrogen and oxygen atoms in total. The molecule has 2 aromatic rings. The number of primary amides is 1. The standard InChI is InChI=1S/C12H11N3O/c1-8-14-7-10(12(13)16)11(15-8)9-5-3-2-4-6-9/h2-7H,1H3,(H2,13,16). The first-order chi connectivity index (χ1) is 7.68. The molecular weight excluding hydrogens is 202 g/mol. The van der Waals surface area contributed by atoms with Gasteiger partial charge >= 0.3 is 0 Å². The zero-order valence-corrected chi connectivity index (χ0v) is 8.84. The SMILES string of the molecule is Cc1ncc(C(N)=O)c(-c2ccccc2)n1. The van der Waals surface area contributed by atoms with Crippen molar-refractivity contribution < 1.29 is 4.79 Å². The van der Waals surface area contributed by atoms with E-state index in [0.717, 1.165) is 5.56 Å². The number of aryl methyl sites for hydroxylation is 1. The molecule has 0 saturated carbocycles. The van der Waals surface area contributed by atoms with Gasteiger partial charge < -0.3 is 5.73 Å². The van der Waals surface area contributed by atoms with Crippen LogP contribution in [0.15, 0.2) is 36.5 Å². The van der Waals surface area contributed by atoms with Crippen molar-refractivity contribution in [1.29, 1.82) is 0 Å². The predicted molar refractivity (Wildman–Crippen MR) is 60.7 cm³/mol. The highest BCUT2D eigenvalue weighted by Gasteiger charge is 2.12. The zero-order valence-electron chi connectivity index (χ0n) is 8.84. The van der Waals surface area contributed by atoms with Gasteiger partial charge in [-0.05, 0) is 6.92 Å². The van der Waals surface area contributed by atoms with Crippen molar-refractivity contribution in [2.24, 2.45) is 5.73 Å². The van der Waals surface area contributed by atoms with Gasteiger partial charge in [0.2, 0.25) is 0 Å². The summed E-state index contributed by atoms with van der Waals surface area (Å²) in [6.45, 7) is 1.78. The Labute approximate surface area is 93.2 Å². The summed E-state index contributed by atoms with van der Waals surface area (Å²) in [5, 5.41) is 0. The van der Waals surface area contributed by atoms with Crippen LogP contribution >= 0.6 is 0 Å². The first kappa shape index (κ1) is 10.3. The second-order valence-corrected chi connectivity index (χ2v) is 3.41. The van der Waals surface area contributed by atoms with Gasteiger partial charge in [-0.3, -0.25) is 4.79 Å². The summed E-state index contributed by atoms with van der Waals surface area (Å²) in [6, 6.07) is 9.44. The molecule has 0 spiro atoms. The normalized spacial score (nSPS) is 10.1. The van der Waals surface area contributed by atoms with Crippen LogP contribution in [0.1, 0.15) is 16.2 Å². The number of carbonyl (C=O) groups excluding carboxylic acids is 1. The molecule has 0 unspecified atom stereocenters. The maximum atomic E-state index is 11.2. The van der Waals surface area contributed by atoms with E-state index in [1.165, 1.54) is 6.20 Å². The molecule has 0 aliphatic carbocycles. The number of aromatic nitrogens is 2. The Hall–Kier alpha value is -2.23. The average Bonchev–Trinajstić information content (AvgIpc) is 2.29. The van der Waals surface area contributed by atoms with Gasteiger partial charge in [-0.1, -0.05) is 30.3 Å². The molecule has 2 N–H and O–H groups in total. The Morgan fingerprint density at radius 2 is 1.94 bits per heavy atom. The minimum Gasteiger partial charge on any atom is -0.365 e. The maximum absolute atomic E-state index is 11.2. The summed E-state index contributed by atoms with van der Waals surface area (Å²) in [5.74, 6) is 0.0997. The van der Waals surface area contributed by atoms with Crippen molar-refractivity contribution in [1.82, 2.24) is 9.97 Å². The molecule has 4 heteroatoms. The lowest BCUT2D eigenvalue weighted by Crippen LogP contribution is -2.14. The van der Waals surface area contributed by atoms with Crippen LogP contribution in [0.2, 0.25) is 0 Å². The van der Waals surface area contributed by atoms with Crippen molar-refractivity contribution in [3.8, 4) is 11.3 Å². The van der Waals surface area contributed by atoms with Gasteiger partial charge in [-0.25, -0.2) is 9.97 Å². The van der Waals surface area contributed by atoms with Crippen molar-refractivity contribution in [3.05, 3.63) is 47.9 Å². The minimum absolute atomic E-state index is 0.344. The Balaban J connectivity index is 2.63. The second kappa shape index (κ2) is 4.10. The number of rotatable bonds is 2. The van der Waals surface area contributed by atoms with Gasteiger partial charge in [0.15, 0.2) is 0 Å².